The summed E-state index contributed by atoms with van der Waals surface area (Å²) in [7, 11) is 1.69. The third kappa shape index (κ3) is 2.41. The molecule has 1 unspecified atom stereocenters. The minimum Gasteiger partial charge on any atom is -0.497 e. The molecule has 1 aliphatic rings. The molecule has 0 saturated carbocycles. The van der Waals surface area contributed by atoms with Gasteiger partial charge in [-0.2, -0.15) is 0 Å². The first-order valence-corrected chi connectivity index (χ1v) is 7.10. The van der Waals surface area contributed by atoms with Crippen molar-refractivity contribution in [2.75, 3.05) is 13.7 Å². The first-order valence-electron chi connectivity index (χ1n) is 7.10. The Kier molecular flexibility index (Phi) is 3.69. The number of rotatable bonds is 4. The van der Waals surface area contributed by atoms with Crippen LogP contribution in [0.5, 0.6) is 5.75 Å². The zero-order valence-corrected chi connectivity index (χ0v) is 12.0. The summed E-state index contributed by atoms with van der Waals surface area (Å²) in [6.07, 6.45) is 1.83. The van der Waals surface area contributed by atoms with Gasteiger partial charge in [0.05, 0.1) is 13.2 Å². The van der Waals surface area contributed by atoms with E-state index in [1.807, 2.05) is 12.1 Å². The summed E-state index contributed by atoms with van der Waals surface area (Å²) in [5.74, 6) is 2.99. The number of fused-ring (bicyclic) bond motifs is 1. The minimum absolute atomic E-state index is 0.329. The number of hydrogen-bond acceptors (Lipinski definition) is 4. The summed E-state index contributed by atoms with van der Waals surface area (Å²) in [6.45, 7) is 4.09. The highest BCUT2D eigenvalue weighted by molar-refractivity contribution is 5.30. The van der Waals surface area contributed by atoms with Gasteiger partial charge in [0, 0.05) is 19.5 Å². The van der Waals surface area contributed by atoms with Crippen LogP contribution >= 0.6 is 0 Å². The van der Waals surface area contributed by atoms with E-state index in [9.17, 15) is 0 Å². The molecule has 0 bridgehead atoms. The Bertz CT molecular complexity index is 593. The molecule has 1 aromatic carbocycles. The maximum Gasteiger partial charge on any atom is 0.150 e. The predicted molar refractivity (Wildman–Crippen MR) is 76.9 cm³/mol. The molecule has 0 spiro atoms. The van der Waals surface area contributed by atoms with Crippen molar-refractivity contribution >= 4 is 0 Å². The lowest BCUT2D eigenvalue weighted by Gasteiger charge is -2.24. The topological polar surface area (TPSA) is 52.0 Å². The minimum atomic E-state index is 0.329. The van der Waals surface area contributed by atoms with Gasteiger partial charge < -0.3 is 14.6 Å². The Hall–Kier alpha value is -1.88. The standard InChI is InChI=1S/C15H20N4O/c1-3-13-15-18-17-14(19(15)8-7-16-13)10-11-5-4-6-12(9-11)20-2/h4-6,9,13,16H,3,7-8,10H2,1-2H3. The maximum absolute atomic E-state index is 5.27. The molecule has 5 nitrogen and oxygen atoms in total. The van der Waals surface area contributed by atoms with Crippen molar-refractivity contribution in [3.63, 3.8) is 0 Å². The van der Waals surface area contributed by atoms with E-state index in [2.05, 4.69) is 39.1 Å². The monoisotopic (exact) mass is 272 g/mol. The van der Waals surface area contributed by atoms with Crippen LogP contribution < -0.4 is 10.1 Å². The van der Waals surface area contributed by atoms with Crippen molar-refractivity contribution < 1.29 is 4.74 Å². The Labute approximate surface area is 119 Å². The summed E-state index contributed by atoms with van der Waals surface area (Å²) in [6, 6.07) is 8.45. The molecule has 1 atom stereocenters. The van der Waals surface area contributed by atoms with Gasteiger partial charge in [0.1, 0.15) is 17.4 Å². The highest BCUT2D eigenvalue weighted by Crippen LogP contribution is 2.21. The normalized spacial score (nSPS) is 17.8. The van der Waals surface area contributed by atoms with Crippen LogP contribution in [0.1, 0.15) is 36.6 Å². The second-order valence-electron chi connectivity index (χ2n) is 5.07. The Morgan fingerprint density at radius 1 is 1.40 bits per heavy atom. The van der Waals surface area contributed by atoms with Gasteiger partial charge >= 0.3 is 0 Å². The zero-order valence-electron chi connectivity index (χ0n) is 12.0. The van der Waals surface area contributed by atoms with Crippen molar-refractivity contribution in [2.45, 2.75) is 32.4 Å². The van der Waals surface area contributed by atoms with Crippen LogP contribution in [-0.2, 0) is 13.0 Å². The number of hydrogen-bond donors (Lipinski definition) is 1. The van der Waals surface area contributed by atoms with Crippen LogP contribution in [0.15, 0.2) is 24.3 Å². The molecule has 1 N–H and O–H groups in total. The number of nitrogens with zero attached hydrogens (tertiary/aromatic N) is 3. The van der Waals surface area contributed by atoms with E-state index >= 15 is 0 Å². The summed E-state index contributed by atoms with van der Waals surface area (Å²) in [4.78, 5) is 0. The van der Waals surface area contributed by atoms with Crippen molar-refractivity contribution in [3.05, 3.63) is 41.5 Å². The van der Waals surface area contributed by atoms with Crippen LogP contribution in [0.4, 0.5) is 0 Å². The average Bonchev–Trinajstić information content (AvgIpc) is 2.90. The molecule has 2 aromatic rings. The summed E-state index contributed by atoms with van der Waals surface area (Å²) >= 11 is 0. The number of aromatic nitrogens is 3. The first kappa shape index (κ1) is 13.1. The van der Waals surface area contributed by atoms with E-state index in [4.69, 9.17) is 4.74 Å². The maximum atomic E-state index is 5.27. The van der Waals surface area contributed by atoms with Gasteiger partial charge in [-0.3, -0.25) is 0 Å². The van der Waals surface area contributed by atoms with Gasteiger partial charge in [-0.25, -0.2) is 0 Å². The lowest BCUT2D eigenvalue weighted by molar-refractivity contribution is 0.401. The third-order valence-corrected chi connectivity index (χ3v) is 3.80. The molecule has 3 rings (SSSR count). The molecule has 1 aromatic heterocycles. The van der Waals surface area contributed by atoms with Crippen LogP contribution in [-0.4, -0.2) is 28.4 Å². The molecule has 5 heteroatoms. The molecular formula is C15H20N4O. The summed E-state index contributed by atoms with van der Waals surface area (Å²) < 4.78 is 7.52. The lowest BCUT2D eigenvalue weighted by atomic mass is 10.1. The van der Waals surface area contributed by atoms with Crippen LogP contribution in [0.25, 0.3) is 0 Å². The van der Waals surface area contributed by atoms with E-state index in [0.717, 1.165) is 43.3 Å². The fraction of sp³-hybridized carbons (Fsp3) is 0.467. The van der Waals surface area contributed by atoms with Gasteiger partial charge in [0.25, 0.3) is 0 Å². The van der Waals surface area contributed by atoms with Gasteiger partial charge in [0.2, 0.25) is 0 Å². The molecule has 0 aliphatic carbocycles. The van der Waals surface area contributed by atoms with E-state index in [1.165, 1.54) is 5.56 Å². The highest BCUT2D eigenvalue weighted by atomic mass is 16.5. The fourth-order valence-corrected chi connectivity index (χ4v) is 2.72. The molecule has 0 amide bonds. The second-order valence-corrected chi connectivity index (χ2v) is 5.07. The molecule has 106 valence electrons. The number of benzene rings is 1. The molecule has 1 aliphatic heterocycles. The SMILES string of the molecule is CCC1NCCn2c(Cc3cccc(OC)c3)nnc21. The number of methoxy groups -OCH3 is 1. The van der Waals surface area contributed by atoms with E-state index in [-0.39, 0.29) is 0 Å². The molecule has 0 fully saturated rings. The third-order valence-electron chi connectivity index (χ3n) is 3.80. The van der Waals surface area contributed by atoms with Crippen LogP contribution in [0, 0.1) is 0 Å². The molecular weight excluding hydrogens is 252 g/mol. The Morgan fingerprint density at radius 2 is 2.30 bits per heavy atom. The van der Waals surface area contributed by atoms with Crippen molar-refractivity contribution in [3.8, 4) is 5.75 Å². The summed E-state index contributed by atoms with van der Waals surface area (Å²) in [5.41, 5.74) is 1.20. The largest absolute Gasteiger partial charge is 0.497 e. The Balaban J connectivity index is 1.86. The van der Waals surface area contributed by atoms with E-state index in [1.54, 1.807) is 7.11 Å². The molecule has 20 heavy (non-hydrogen) atoms. The summed E-state index contributed by atoms with van der Waals surface area (Å²) in [5, 5.41) is 12.2. The lowest BCUT2D eigenvalue weighted by Crippen LogP contribution is -2.33. The van der Waals surface area contributed by atoms with Crippen LogP contribution in [0.2, 0.25) is 0 Å². The predicted octanol–water partition coefficient (Wildman–Crippen LogP) is 1.93. The quantitative estimate of drug-likeness (QED) is 0.924. The zero-order chi connectivity index (χ0) is 13.9. The van der Waals surface area contributed by atoms with E-state index < -0.39 is 0 Å². The van der Waals surface area contributed by atoms with Crippen molar-refractivity contribution in [1.29, 1.82) is 0 Å². The van der Waals surface area contributed by atoms with Crippen molar-refractivity contribution in [1.82, 2.24) is 20.1 Å². The Morgan fingerprint density at radius 3 is 3.10 bits per heavy atom. The van der Waals surface area contributed by atoms with E-state index in [0.29, 0.717) is 6.04 Å². The van der Waals surface area contributed by atoms with Gasteiger partial charge in [-0.15, -0.1) is 10.2 Å². The average molecular weight is 272 g/mol. The number of ether oxygens (including phenoxy) is 1. The smallest absolute Gasteiger partial charge is 0.150 e. The second kappa shape index (κ2) is 5.63. The highest BCUT2D eigenvalue weighted by Gasteiger charge is 2.23. The van der Waals surface area contributed by atoms with Gasteiger partial charge in [-0.05, 0) is 24.1 Å². The number of nitrogens with one attached hydrogen (secondary N) is 1. The van der Waals surface area contributed by atoms with Crippen LogP contribution in [0.3, 0.4) is 0 Å². The van der Waals surface area contributed by atoms with Crippen molar-refractivity contribution in [2.24, 2.45) is 0 Å². The van der Waals surface area contributed by atoms with Gasteiger partial charge in [0.15, 0.2) is 0 Å². The van der Waals surface area contributed by atoms with Gasteiger partial charge in [-0.1, -0.05) is 19.1 Å². The fourth-order valence-electron chi connectivity index (χ4n) is 2.72. The molecule has 0 radical (unpaired) electrons. The molecule has 0 saturated heterocycles. The molecule has 2 heterocycles. The first-order chi connectivity index (χ1) is 9.81.